The fourth-order valence-corrected chi connectivity index (χ4v) is 2.44. The van der Waals surface area contributed by atoms with E-state index in [9.17, 15) is 13.2 Å². The van der Waals surface area contributed by atoms with Crippen molar-refractivity contribution in [1.82, 2.24) is 4.72 Å². The molecule has 1 heterocycles. The van der Waals surface area contributed by atoms with E-state index in [0.29, 0.717) is 0 Å². The van der Waals surface area contributed by atoms with Crippen LogP contribution in [0.4, 0.5) is 0 Å². The lowest BCUT2D eigenvalue weighted by atomic mass is 10.1. The van der Waals surface area contributed by atoms with Crippen LogP contribution in [0.15, 0.2) is 23.1 Å². The molecule has 1 amide bonds. The number of rotatable bonds is 0. The number of aryl methyl sites for hydroxylation is 1. The molecule has 1 aliphatic heterocycles. The first-order valence-corrected chi connectivity index (χ1v) is 5.17. The molecule has 0 fully saturated rings. The van der Waals surface area contributed by atoms with Gasteiger partial charge in [0.05, 0.1) is 5.56 Å². The average molecular weight is 197 g/mol. The predicted octanol–water partition coefficient (Wildman–Crippen LogP) is 0.427. The second-order valence-electron chi connectivity index (χ2n) is 2.93. The van der Waals surface area contributed by atoms with Crippen molar-refractivity contribution in [3.8, 4) is 0 Å². The molecule has 1 aromatic rings. The standard InChI is InChI=1S/C8H7NO3S/c1-5-2-3-7-6(4-5)8(10)9-13(7,11)12/h2-4H,1H3,(H,9,10). The zero-order valence-corrected chi connectivity index (χ0v) is 7.68. The summed E-state index contributed by atoms with van der Waals surface area (Å²) in [6, 6.07) is 4.67. The molecule has 0 bridgehead atoms. The second kappa shape index (κ2) is 2.32. The summed E-state index contributed by atoms with van der Waals surface area (Å²) in [6.45, 7) is 1.80. The summed E-state index contributed by atoms with van der Waals surface area (Å²) in [7, 11) is -3.57. The highest BCUT2D eigenvalue weighted by molar-refractivity contribution is 7.90. The van der Waals surface area contributed by atoms with E-state index in [1.54, 1.807) is 19.1 Å². The first-order valence-electron chi connectivity index (χ1n) is 3.68. The lowest BCUT2D eigenvalue weighted by Crippen LogP contribution is -2.20. The lowest BCUT2D eigenvalue weighted by molar-refractivity contribution is 0.0985. The minimum Gasteiger partial charge on any atom is -0.268 e. The van der Waals surface area contributed by atoms with Gasteiger partial charge in [-0.15, -0.1) is 0 Å². The van der Waals surface area contributed by atoms with Crippen molar-refractivity contribution in [3.05, 3.63) is 29.3 Å². The van der Waals surface area contributed by atoms with Crippen molar-refractivity contribution in [1.29, 1.82) is 0 Å². The summed E-state index contributed by atoms with van der Waals surface area (Å²) in [5.41, 5.74) is 1.10. The first kappa shape index (κ1) is 8.25. The maximum Gasteiger partial charge on any atom is 0.266 e. The third-order valence-electron chi connectivity index (χ3n) is 1.90. The summed E-state index contributed by atoms with van der Waals surface area (Å²) >= 11 is 0. The van der Waals surface area contributed by atoms with Crippen LogP contribution in [-0.2, 0) is 10.0 Å². The molecule has 4 nitrogen and oxygen atoms in total. The maximum absolute atomic E-state index is 11.2. The highest BCUT2D eigenvalue weighted by Gasteiger charge is 2.31. The Bertz CT molecular complexity index is 490. The van der Waals surface area contributed by atoms with Gasteiger partial charge in [0.2, 0.25) is 0 Å². The van der Waals surface area contributed by atoms with Gasteiger partial charge in [-0.2, -0.15) is 0 Å². The predicted molar refractivity (Wildman–Crippen MR) is 45.8 cm³/mol. The molecular weight excluding hydrogens is 190 g/mol. The van der Waals surface area contributed by atoms with Crippen LogP contribution in [0, 0.1) is 6.92 Å². The summed E-state index contributed by atoms with van der Waals surface area (Å²) in [4.78, 5) is 11.2. The van der Waals surface area contributed by atoms with Crippen molar-refractivity contribution in [3.63, 3.8) is 0 Å². The van der Waals surface area contributed by atoms with Crippen LogP contribution < -0.4 is 4.72 Å². The summed E-state index contributed by atoms with van der Waals surface area (Å²) in [5, 5.41) is 0. The average Bonchev–Trinajstić information content (AvgIpc) is 2.22. The Kier molecular flexibility index (Phi) is 1.47. The van der Waals surface area contributed by atoms with Gasteiger partial charge in [-0.25, -0.2) is 13.1 Å². The number of benzene rings is 1. The molecule has 0 aliphatic carbocycles. The fourth-order valence-electron chi connectivity index (χ4n) is 1.29. The van der Waals surface area contributed by atoms with Crippen LogP contribution in [0.5, 0.6) is 0 Å². The van der Waals surface area contributed by atoms with E-state index in [2.05, 4.69) is 0 Å². The van der Waals surface area contributed by atoms with E-state index < -0.39 is 15.9 Å². The molecule has 0 unspecified atom stereocenters. The Balaban J connectivity index is 2.80. The molecule has 68 valence electrons. The maximum atomic E-state index is 11.2. The van der Waals surface area contributed by atoms with Crippen molar-refractivity contribution >= 4 is 15.9 Å². The number of amides is 1. The van der Waals surface area contributed by atoms with Crippen LogP contribution in [0.2, 0.25) is 0 Å². The molecule has 2 rings (SSSR count). The minimum absolute atomic E-state index is 0.0723. The summed E-state index contributed by atoms with van der Waals surface area (Å²) in [5.74, 6) is -0.543. The van der Waals surface area contributed by atoms with E-state index in [1.165, 1.54) is 6.07 Å². The molecule has 13 heavy (non-hydrogen) atoms. The molecule has 0 saturated heterocycles. The Morgan fingerprint density at radius 2 is 2.00 bits per heavy atom. The molecule has 1 aliphatic rings. The Morgan fingerprint density at radius 1 is 1.31 bits per heavy atom. The number of nitrogens with one attached hydrogen (secondary N) is 1. The van der Waals surface area contributed by atoms with E-state index in [1.807, 2.05) is 4.72 Å². The van der Waals surface area contributed by atoms with E-state index >= 15 is 0 Å². The van der Waals surface area contributed by atoms with Crippen molar-refractivity contribution in [2.24, 2.45) is 0 Å². The van der Waals surface area contributed by atoms with Crippen LogP contribution in [0.1, 0.15) is 15.9 Å². The van der Waals surface area contributed by atoms with Crippen LogP contribution in [0.25, 0.3) is 0 Å². The third kappa shape index (κ3) is 1.12. The minimum atomic E-state index is -3.57. The zero-order chi connectivity index (χ0) is 9.64. The molecule has 0 spiro atoms. The molecular formula is C8H7NO3S. The highest BCUT2D eigenvalue weighted by atomic mass is 32.2. The van der Waals surface area contributed by atoms with Gasteiger partial charge in [-0.05, 0) is 19.1 Å². The first-order chi connectivity index (χ1) is 6.00. The topological polar surface area (TPSA) is 63.2 Å². The molecule has 0 atom stereocenters. The number of hydrogen-bond acceptors (Lipinski definition) is 3. The summed E-state index contributed by atoms with van der Waals surface area (Å²) < 4.78 is 24.4. The molecule has 0 radical (unpaired) electrons. The molecule has 1 aromatic carbocycles. The van der Waals surface area contributed by atoms with Gasteiger partial charge in [0, 0.05) is 0 Å². The van der Waals surface area contributed by atoms with Gasteiger partial charge in [0.1, 0.15) is 4.90 Å². The van der Waals surface area contributed by atoms with Crippen molar-refractivity contribution in [2.45, 2.75) is 11.8 Å². The number of carbonyl (C=O) groups excluding carboxylic acids is 1. The monoisotopic (exact) mass is 197 g/mol. The van der Waals surface area contributed by atoms with Gasteiger partial charge in [-0.1, -0.05) is 11.6 Å². The van der Waals surface area contributed by atoms with Crippen molar-refractivity contribution < 1.29 is 13.2 Å². The quantitative estimate of drug-likeness (QED) is 0.655. The number of fused-ring (bicyclic) bond motifs is 1. The lowest BCUT2D eigenvalue weighted by Gasteiger charge is -1.95. The van der Waals surface area contributed by atoms with Gasteiger partial charge < -0.3 is 0 Å². The van der Waals surface area contributed by atoms with E-state index in [0.717, 1.165) is 5.56 Å². The SMILES string of the molecule is Cc1ccc2c(c1)C(=O)NS2(=O)=O. The van der Waals surface area contributed by atoms with Crippen LogP contribution >= 0.6 is 0 Å². The zero-order valence-electron chi connectivity index (χ0n) is 6.87. The van der Waals surface area contributed by atoms with Gasteiger partial charge >= 0.3 is 0 Å². The Labute approximate surface area is 75.6 Å². The number of sulfonamides is 1. The van der Waals surface area contributed by atoms with Crippen molar-refractivity contribution in [2.75, 3.05) is 0 Å². The summed E-state index contributed by atoms with van der Waals surface area (Å²) in [6.07, 6.45) is 0. The van der Waals surface area contributed by atoms with Crippen LogP contribution in [0.3, 0.4) is 0 Å². The largest absolute Gasteiger partial charge is 0.268 e. The normalized spacial score (nSPS) is 18.1. The molecule has 0 saturated carbocycles. The van der Waals surface area contributed by atoms with E-state index in [4.69, 9.17) is 0 Å². The van der Waals surface area contributed by atoms with E-state index in [-0.39, 0.29) is 10.5 Å². The van der Waals surface area contributed by atoms with Crippen LogP contribution in [-0.4, -0.2) is 14.3 Å². The van der Waals surface area contributed by atoms with Gasteiger partial charge in [-0.3, -0.25) is 4.79 Å². The molecule has 0 aromatic heterocycles. The smallest absolute Gasteiger partial charge is 0.266 e. The van der Waals surface area contributed by atoms with Gasteiger partial charge in [0.25, 0.3) is 15.9 Å². The van der Waals surface area contributed by atoms with Gasteiger partial charge in [0.15, 0.2) is 0 Å². The number of hydrogen-bond donors (Lipinski definition) is 1. The Hall–Kier alpha value is -1.36. The second-order valence-corrected chi connectivity index (χ2v) is 4.59. The Morgan fingerprint density at radius 3 is 2.69 bits per heavy atom. The third-order valence-corrected chi connectivity index (χ3v) is 3.29. The molecule has 5 heteroatoms. The fraction of sp³-hybridized carbons (Fsp3) is 0.125. The highest BCUT2D eigenvalue weighted by Crippen LogP contribution is 2.22. The number of carbonyl (C=O) groups is 1. The molecule has 1 N–H and O–H groups in total.